The highest BCUT2D eigenvalue weighted by molar-refractivity contribution is 5.83. The molecule has 2 heteroatoms. The Morgan fingerprint density at radius 2 is 1.89 bits per heavy atom. The second-order valence-electron chi connectivity index (χ2n) is 4.68. The van der Waals surface area contributed by atoms with Crippen molar-refractivity contribution in [2.45, 2.75) is 25.9 Å². The monoisotopic (exact) mass is 243 g/mol. The topological polar surface area (TPSA) is 21.3 Å². The summed E-state index contributed by atoms with van der Waals surface area (Å²) in [7, 11) is 1.98. The Morgan fingerprint density at radius 3 is 2.67 bits per heavy atom. The van der Waals surface area contributed by atoms with Crippen LogP contribution < -0.4 is 10.1 Å². The van der Waals surface area contributed by atoms with Gasteiger partial charge >= 0.3 is 0 Å². The molecule has 2 nitrogen and oxygen atoms in total. The molecule has 1 atom stereocenters. The molecular weight excluding hydrogens is 222 g/mol. The predicted molar refractivity (Wildman–Crippen MR) is 77.2 cm³/mol. The van der Waals surface area contributed by atoms with Gasteiger partial charge in [-0.05, 0) is 56.3 Å². The quantitative estimate of drug-likeness (QED) is 0.783. The lowest BCUT2D eigenvalue weighted by Gasteiger charge is -2.15. The van der Waals surface area contributed by atoms with Crippen molar-refractivity contribution in [1.29, 1.82) is 0 Å². The molecule has 2 aromatic rings. The van der Waals surface area contributed by atoms with Crippen LogP contribution in [0.25, 0.3) is 10.8 Å². The minimum absolute atomic E-state index is 0.263. The van der Waals surface area contributed by atoms with E-state index in [1.165, 1.54) is 10.8 Å². The molecule has 0 aliphatic heterocycles. The number of rotatable bonds is 6. The van der Waals surface area contributed by atoms with Crippen LogP contribution in [0.15, 0.2) is 42.5 Å². The maximum Gasteiger partial charge on any atom is 0.120 e. The van der Waals surface area contributed by atoms with E-state index in [4.69, 9.17) is 4.74 Å². The normalized spacial score (nSPS) is 12.6. The van der Waals surface area contributed by atoms with Crippen LogP contribution in [0.1, 0.15) is 19.8 Å². The van der Waals surface area contributed by atoms with Crippen molar-refractivity contribution in [1.82, 2.24) is 5.32 Å². The van der Waals surface area contributed by atoms with Crippen LogP contribution >= 0.6 is 0 Å². The standard InChI is InChI=1S/C16H21NO/c1-13(6-5-11-17-2)18-16-10-9-14-7-3-4-8-15(14)12-16/h3-4,7-10,12-13,17H,5-6,11H2,1-2H3. The van der Waals surface area contributed by atoms with E-state index in [0.29, 0.717) is 0 Å². The van der Waals surface area contributed by atoms with Crippen molar-refractivity contribution in [3.05, 3.63) is 42.5 Å². The molecule has 0 heterocycles. The van der Waals surface area contributed by atoms with Gasteiger partial charge in [-0.2, -0.15) is 0 Å². The Labute approximate surface area is 109 Å². The lowest BCUT2D eigenvalue weighted by atomic mass is 10.1. The summed E-state index contributed by atoms with van der Waals surface area (Å²) in [5, 5.41) is 5.65. The first-order valence-corrected chi connectivity index (χ1v) is 6.59. The highest BCUT2D eigenvalue weighted by Gasteiger charge is 2.04. The minimum atomic E-state index is 0.263. The van der Waals surface area contributed by atoms with Crippen molar-refractivity contribution in [2.24, 2.45) is 0 Å². The molecule has 0 aromatic heterocycles. The Kier molecular flexibility index (Phi) is 4.59. The summed E-state index contributed by atoms with van der Waals surface area (Å²) in [5.41, 5.74) is 0. The van der Waals surface area contributed by atoms with Gasteiger partial charge in [0.2, 0.25) is 0 Å². The van der Waals surface area contributed by atoms with Gasteiger partial charge in [-0.3, -0.25) is 0 Å². The van der Waals surface area contributed by atoms with Gasteiger partial charge in [0.15, 0.2) is 0 Å². The van der Waals surface area contributed by atoms with Crippen LogP contribution in [0.2, 0.25) is 0 Å². The van der Waals surface area contributed by atoms with Gasteiger partial charge in [0.1, 0.15) is 5.75 Å². The summed E-state index contributed by atoms with van der Waals surface area (Å²) in [4.78, 5) is 0. The Hall–Kier alpha value is -1.54. The molecule has 1 N–H and O–H groups in total. The van der Waals surface area contributed by atoms with Crippen molar-refractivity contribution < 1.29 is 4.74 Å². The second-order valence-corrected chi connectivity index (χ2v) is 4.68. The van der Waals surface area contributed by atoms with Gasteiger partial charge in [-0.25, -0.2) is 0 Å². The second kappa shape index (κ2) is 6.41. The first kappa shape index (κ1) is 12.9. The molecular formula is C16H21NO. The third-order valence-electron chi connectivity index (χ3n) is 3.10. The van der Waals surface area contributed by atoms with Crippen LogP contribution in [0.4, 0.5) is 0 Å². The molecule has 2 aromatic carbocycles. The molecule has 0 saturated carbocycles. The van der Waals surface area contributed by atoms with E-state index in [-0.39, 0.29) is 6.10 Å². The molecule has 96 valence electrons. The Bertz CT molecular complexity index is 495. The summed E-state index contributed by atoms with van der Waals surface area (Å²) < 4.78 is 5.94. The lowest BCUT2D eigenvalue weighted by molar-refractivity contribution is 0.208. The minimum Gasteiger partial charge on any atom is -0.491 e. The summed E-state index contributed by atoms with van der Waals surface area (Å²) in [6, 6.07) is 14.6. The Balaban J connectivity index is 1.98. The Morgan fingerprint density at radius 1 is 1.11 bits per heavy atom. The zero-order valence-corrected chi connectivity index (χ0v) is 11.1. The summed E-state index contributed by atoms with van der Waals surface area (Å²) >= 11 is 0. The summed E-state index contributed by atoms with van der Waals surface area (Å²) in [5.74, 6) is 0.964. The first-order chi connectivity index (χ1) is 8.79. The fourth-order valence-electron chi connectivity index (χ4n) is 2.10. The maximum atomic E-state index is 5.94. The highest BCUT2D eigenvalue weighted by atomic mass is 16.5. The molecule has 0 amide bonds. The highest BCUT2D eigenvalue weighted by Crippen LogP contribution is 2.22. The van der Waals surface area contributed by atoms with Gasteiger partial charge in [0.25, 0.3) is 0 Å². The number of benzene rings is 2. The number of hydrogen-bond donors (Lipinski definition) is 1. The number of hydrogen-bond acceptors (Lipinski definition) is 2. The molecule has 0 bridgehead atoms. The van der Waals surface area contributed by atoms with E-state index < -0.39 is 0 Å². The van der Waals surface area contributed by atoms with E-state index in [1.54, 1.807) is 0 Å². The van der Waals surface area contributed by atoms with Gasteiger partial charge < -0.3 is 10.1 Å². The van der Waals surface area contributed by atoms with Gasteiger partial charge in [0.05, 0.1) is 6.10 Å². The molecule has 0 aliphatic rings. The smallest absolute Gasteiger partial charge is 0.120 e. The van der Waals surface area contributed by atoms with Crippen LogP contribution in [0, 0.1) is 0 Å². The zero-order chi connectivity index (χ0) is 12.8. The summed E-state index contributed by atoms with van der Waals surface area (Å²) in [6.07, 6.45) is 2.48. The van der Waals surface area contributed by atoms with Crippen LogP contribution in [-0.4, -0.2) is 19.7 Å². The molecule has 0 radical (unpaired) electrons. The third-order valence-corrected chi connectivity index (χ3v) is 3.10. The van der Waals surface area contributed by atoms with Crippen molar-refractivity contribution in [3.8, 4) is 5.75 Å². The van der Waals surface area contributed by atoms with Gasteiger partial charge in [-0.15, -0.1) is 0 Å². The van der Waals surface area contributed by atoms with Crippen molar-refractivity contribution in [3.63, 3.8) is 0 Å². The number of fused-ring (bicyclic) bond motifs is 1. The number of ether oxygens (including phenoxy) is 1. The van der Waals surface area contributed by atoms with E-state index >= 15 is 0 Å². The molecule has 0 fully saturated rings. The molecule has 18 heavy (non-hydrogen) atoms. The average Bonchev–Trinajstić information content (AvgIpc) is 2.39. The van der Waals surface area contributed by atoms with E-state index in [2.05, 4.69) is 54.7 Å². The zero-order valence-electron chi connectivity index (χ0n) is 11.1. The van der Waals surface area contributed by atoms with Crippen molar-refractivity contribution >= 4 is 10.8 Å². The SMILES string of the molecule is CNCCCC(C)Oc1ccc2ccccc2c1. The maximum absolute atomic E-state index is 5.94. The molecule has 0 saturated heterocycles. The van der Waals surface area contributed by atoms with E-state index in [9.17, 15) is 0 Å². The van der Waals surface area contributed by atoms with E-state index in [1.807, 2.05) is 7.05 Å². The van der Waals surface area contributed by atoms with Gasteiger partial charge in [-0.1, -0.05) is 30.3 Å². The molecule has 1 unspecified atom stereocenters. The third kappa shape index (κ3) is 3.47. The fourth-order valence-corrected chi connectivity index (χ4v) is 2.10. The lowest BCUT2D eigenvalue weighted by Crippen LogP contribution is -2.15. The number of nitrogens with one attached hydrogen (secondary N) is 1. The largest absolute Gasteiger partial charge is 0.491 e. The average molecular weight is 243 g/mol. The molecule has 2 rings (SSSR count). The van der Waals surface area contributed by atoms with Gasteiger partial charge in [0, 0.05) is 0 Å². The molecule has 0 aliphatic carbocycles. The van der Waals surface area contributed by atoms with Crippen molar-refractivity contribution in [2.75, 3.05) is 13.6 Å². The fraction of sp³-hybridized carbons (Fsp3) is 0.375. The van der Waals surface area contributed by atoms with Crippen LogP contribution in [0.3, 0.4) is 0 Å². The first-order valence-electron chi connectivity index (χ1n) is 6.59. The predicted octanol–water partition coefficient (Wildman–Crippen LogP) is 3.61. The summed E-state index contributed by atoms with van der Waals surface area (Å²) in [6.45, 7) is 3.18. The van der Waals surface area contributed by atoms with Crippen LogP contribution in [-0.2, 0) is 0 Å². The van der Waals surface area contributed by atoms with E-state index in [0.717, 1.165) is 25.1 Å². The molecule has 0 spiro atoms. The van der Waals surface area contributed by atoms with Crippen LogP contribution in [0.5, 0.6) is 5.75 Å².